The first-order valence-corrected chi connectivity index (χ1v) is 8.47. The predicted molar refractivity (Wildman–Crippen MR) is 99.1 cm³/mol. The Morgan fingerprint density at radius 3 is 2.69 bits per heavy atom. The number of imidazole rings is 1. The Morgan fingerprint density at radius 1 is 1.27 bits per heavy atom. The average Bonchev–Trinajstić information content (AvgIpc) is 3.39. The lowest BCUT2D eigenvalue weighted by molar-refractivity contribution is -0.383. The number of aromatic nitrogens is 2. The lowest BCUT2D eigenvalue weighted by Gasteiger charge is -2.08. The van der Waals surface area contributed by atoms with E-state index in [9.17, 15) is 14.9 Å². The second-order valence-electron chi connectivity index (χ2n) is 6.68. The molecule has 3 aromatic rings. The van der Waals surface area contributed by atoms with Gasteiger partial charge >= 0.3 is 0 Å². The fraction of sp³-hybridized carbons (Fsp3) is 0.263. The summed E-state index contributed by atoms with van der Waals surface area (Å²) in [6.45, 7) is 1.39. The van der Waals surface area contributed by atoms with Crippen LogP contribution in [0.1, 0.15) is 41.9 Å². The molecule has 1 aliphatic carbocycles. The van der Waals surface area contributed by atoms with Gasteiger partial charge in [-0.25, -0.2) is 4.98 Å². The average molecular weight is 350 g/mol. The van der Waals surface area contributed by atoms with Crippen LogP contribution >= 0.6 is 0 Å². The van der Waals surface area contributed by atoms with Crippen molar-refractivity contribution in [2.45, 2.75) is 25.7 Å². The van der Waals surface area contributed by atoms with Gasteiger partial charge in [-0.05, 0) is 50.1 Å². The van der Waals surface area contributed by atoms with Gasteiger partial charge in [-0.1, -0.05) is 0 Å². The molecule has 0 unspecified atom stereocenters. The molecule has 0 spiro atoms. The quantitative estimate of drug-likeness (QED) is 0.421. The Balaban J connectivity index is 1.70. The van der Waals surface area contributed by atoms with Gasteiger partial charge < -0.3 is 9.88 Å². The molecule has 132 valence electrons. The summed E-state index contributed by atoms with van der Waals surface area (Å²) in [6.07, 6.45) is 2.36. The van der Waals surface area contributed by atoms with Crippen molar-refractivity contribution in [3.05, 3.63) is 57.9 Å². The fourth-order valence-electron chi connectivity index (χ4n) is 3.17. The van der Waals surface area contributed by atoms with Crippen LogP contribution < -0.4 is 5.32 Å². The van der Waals surface area contributed by atoms with E-state index in [4.69, 9.17) is 4.98 Å². The minimum atomic E-state index is -0.487. The van der Waals surface area contributed by atoms with Crippen LogP contribution in [0.3, 0.4) is 0 Å². The van der Waals surface area contributed by atoms with Crippen molar-refractivity contribution in [3.63, 3.8) is 0 Å². The maximum absolute atomic E-state index is 11.5. The molecular weight excluding hydrogens is 332 g/mol. The number of anilines is 2. The molecule has 0 bridgehead atoms. The zero-order chi connectivity index (χ0) is 18.4. The smallest absolute Gasteiger partial charge is 0.293 e. The van der Waals surface area contributed by atoms with Crippen molar-refractivity contribution >= 4 is 33.9 Å². The Labute approximate surface area is 149 Å². The van der Waals surface area contributed by atoms with Crippen molar-refractivity contribution < 1.29 is 9.72 Å². The van der Waals surface area contributed by atoms with E-state index in [2.05, 4.69) is 9.88 Å². The molecule has 1 saturated carbocycles. The molecule has 7 heteroatoms. The normalized spacial score (nSPS) is 13.8. The topological polar surface area (TPSA) is 90.1 Å². The number of Topliss-reactive ketones (excluding diaryl/α,β-unsaturated/α-hetero) is 1. The van der Waals surface area contributed by atoms with Crippen LogP contribution in [-0.2, 0) is 7.05 Å². The van der Waals surface area contributed by atoms with Crippen LogP contribution in [0.4, 0.5) is 17.1 Å². The third-order valence-corrected chi connectivity index (χ3v) is 4.74. The number of ketones is 1. The summed E-state index contributed by atoms with van der Waals surface area (Å²) in [5.74, 6) is 1.43. The number of fused-ring (bicyclic) bond motifs is 1. The number of aryl methyl sites for hydroxylation is 1. The molecule has 4 rings (SSSR count). The molecule has 0 radical (unpaired) electrons. The Bertz CT molecular complexity index is 1050. The number of carbonyl (C=O) groups is 1. The molecule has 1 N–H and O–H groups in total. The Hall–Kier alpha value is -3.22. The summed E-state index contributed by atoms with van der Waals surface area (Å²) in [5, 5.41) is 14.5. The highest BCUT2D eigenvalue weighted by atomic mass is 16.6. The molecular formula is C19H18N4O3. The maximum atomic E-state index is 11.5. The standard InChI is InChI=1S/C19H18N4O3/c1-11(24)13-5-7-15(18(9-13)23(25)26)20-14-6-8-17-16(10-14)21-19(22(17)2)12-3-4-12/h5-10,12,20H,3-4H2,1-2H3. The lowest BCUT2D eigenvalue weighted by atomic mass is 10.1. The third kappa shape index (κ3) is 2.81. The zero-order valence-corrected chi connectivity index (χ0v) is 14.5. The molecule has 2 aromatic carbocycles. The van der Waals surface area contributed by atoms with E-state index in [0.717, 1.165) is 22.5 Å². The van der Waals surface area contributed by atoms with Crippen molar-refractivity contribution in [1.82, 2.24) is 9.55 Å². The van der Waals surface area contributed by atoms with E-state index < -0.39 is 4.92 Å². The van der Waals surface area contributed by atoms with Gasteiger partial charge in [0.1, 0.15) is 11.5 Å². The van der Waals surface area contributed by atoms with Crippen molar-refractivity contribution in [3.8, 4) is 0 Å². The maximum Gasteiger partial charge on any atom is 0.293 e. The molecule has 0 amide bonds. The molecule has 0 aliphatic heterocycles. The molecule has 1 heterocycles. The van der Waals surface area contributed by atoms with Crippen LogP contribution in [0.5, 0.6) is 0 Å². The molecule has 1 aromatic heterocycles. The van der Waals surface area contributed by atoms with Gasteiger partial charge in [0.05, 0.1) is 16.0 Å². The summed E-state index contributed by atoms with van der Waals surface area (Å²) in [5.41, 5.74) is 3.16. The van der Waals surface area contributed by atoms with Crippen molar-refractivity contribution in [2.75, 3.05) is 5.32 Å². The number of hydrogen-bond donors (Lipinski definition) is 1. The van der Waals surface area contributed by atoms with E-state index in [1.165, 1.54) is 25.8 Å². The number of nitro groups is 1. The van der Waals surface area contributed by atoms with Crippen molar-refractivity contribution in [2.24, 2.45) is 7.05 Å². The van der Waals surface area contributed by atoms with Gasteiger partial charge in [0.25, 0.3) is 5.69 Å². The molecule has 0 saturated heterocycles. The SMILES string of the molecule is CC(=O)c1ccc(Nc2ccc3c(c2)nc(C2CC2)n3C)c([N+](=O)[O-])c1. The molecule has 0 atom stereocenters. The summed E-state index contributed by atoms with van der Waals surface area (Å²) in [6, 6.07) is 10.2. The van der Waals surface area contributed by atoms with Crippen LogP contribution in [0.15, 0.2) is 36.4 Å². The second kappa shape index (κ2) is 5.94. The monoisotopic (exact) mass is 350 g/mol. The largest absolute Gasteiger partial charge is 0.350 e. The number of carbonyl (C=O) groups excluding carboxylic acids is 1. The molecule has 26 heavy (non-hydrogen) atoms. The number of benzene rings is 2. The van der Waals surface area contributed by atoms with Crippen LogP contribution in [0.25, 0.3) is 11.0 Å². The second-order valence-corrected chi connectivity index (χ2v) is 6.68. The first-order chi connectivity index (χ1) is 12.4. The van der Waals surface area contributed by atoms with E-state index >= 15 is 0 Å². The number of rotatable bonds is 5. The van der Waals surface area contributed by atoms with Gasteiger partial charge in [-0.2, -0.15) is 0 Å². The van der Waals surface area contributed by atoms with Gasteiger partial charge in [0.2, 0.25) is 0 Å². The summed E-state index contributed by atoms with van der Waals surface area (Å²) < 4.78 is 2.11. The van der Waals surface area contributed by atoms with Gasteiger partial charge in [0, 0.05) is 30.3 Å². The molecule has 7 nitrogen and oxygen atoms in total. The summed E-state index contributed by atoms with van der Waals surface area (Å²) >= 11 is 0. The number of nitro benzene ring substituents is 1. The van der Waals surface area contributed by atoms with Crippen LogP contribution in [0.2, 0.25) is 0 Å². The Morgan fingerprint density at radius 2 is 2.04 bits per heavy atom. The minimum Gasteiger partial charge on any atom is -0.350 e. The van der Waals surface area contributed by atoms with E-state index in [1.807, 2.05) is 25.2 Å². The minimum absolute atomic E-state index is 0.127. The highest BCUT2D eigenvalue weighted by Crippen LogP contribution is 2.40. The van der Waals surface area contributed by atoms with E-state index in [0.29, 0.717) is 17.2 Å². The molecule has 1 aliphatic rings. The Kier molecular flexibility index (Phi) is 3.72. The first kappa shape index (κ1) is 16.3. The highest BCUT2D eigenvalue weighted by molar-refractivity contribution is 5.96. The van der Waals surface area contributed by atoms with E-state index in [1.54, 1.807) is 12.1 Å². The van der Waals surface area contributed by atoms with Crippen molar-refractivity contribution in [1.29, 1.82) is 0 Å². The predicted octanol–water partition coefficient (Wildman–Crippen LogP) is 4.31. The van der Waals surface area contributed by atoms with Gasteiger partial charge in [0.15, 0.2) is 5.78 Å². The van der Waals surface area contributed by atoms with Gasteiger partial charge in [-0.15, -0.1) is 0 Å². The van der Waals surface area contributed by atoms with Crippen LogP contribution in [-0.4, -0.2) is 20.3 Å². The number of nitrogens with zero attached hydrogens (tertiary/aromatic N) is 3. The summed E-state index contributed by atoms with van der Waals surface area (Å²) in [7, 11) is 2.02. The van der Waals surface area contributed by atoms with Crippen LogP contribution in [0, 0.1) is 10.1 Å². The molecule has 1 fully saturated rings. The first-order valence-electron chi connectivity index (χ1n) is 8.47. The number of hydrogen-bond acceptors (Lipinski definition) is 5. The lowest BCUT2D eigenvalue weighted by Crippen LogP contribution is -2.00. The zero-order valence-electron chi connectivity index (χ0n) is 14.5. The summed E-state index contributed by atoms with van der Waals surface area (Å²) in [4.78, 5) is 27.1. The fourth-order valence-corrected chi connectivity index (χ4v) is 3.17. The highest BCUT2D eigenvalue weighted by Gasteiger charge is 2.28. The van der Waals surface area contributed by atoms with E-state index in [-0.39, 0.29) is 11.5 Å². The van der Waals surface area contributed by atoms with Gasteiger partial charge in [-0.3, -0.25) is 14.9 Å². The third-order valence-electron chi connectivity index (χ3n) is 4.74. The number of nitrogens with one attached hydrogen (secondary N) is 1.